The van der Waals surface area contributed by atoms with E-state index in [4.69, 9.17) is 14.6 Å². The number of rotatable bonds is 6. The standard InChI is InChI=1S/C15H15BrO3/c16-13-4-2-6-15(10-13)19-8-7-18-14-5-1-3-12(9-14)11-17/h1-6,9-10,17H,7-8,11H2. The van der Waals surface area contributed by atoms with Crippen LogP contribution >= 0.6 is 15.9 Å². The lowest BCUT2D eigenvalue weighted by Crippen LogP contribution is -2.09. The van der Waals surface area contributed by atoms with Crippen LogP contribution < -0.4 is 9.47 Å². The molecule has 2 aromatic carbocycles. The number of aliphatic hydroxyl groups is 1. The van der Waals surface area contributed by atoms with Crippen molar-refractivity contribution in [3.8, 4) is 11.5 Å². The van der Waals surface area contributed by atoms with Crippen LogP contribution in [0.1, 0.15) is 5.56 Å². The van der Waals surface area contributed by atoms with E-state index in [0.29, 0.717) is 13.2 Å². The molecule has 3 nitrogen and oxygen atoms in total. The molecule has 19 heavy (non-hydrogen) atoms. The van der Waals surface area contributed by atoms with Crippen LogP contribution in [0.3, 0.4) is 0 Å². The van der Waals surface area contributed by atoms with Gasteiger partial charge in [-0.25, -0.2) is 0 Å². The fraction of sp³-hybridized carbons (Fsp3) is 0.200. The molecule has 4 heteroatoms. The van der Waals surface area contributed by atoms with Crippen LogP contribution in [0.15, 0.2) is 53.0 Å². The molecule has 0 aliphatic rings. The van der Waals surface area contributed by atoms with Gasteiger partial charge in [0.2, 0.25) is 0 Å². The third-order valence-corrected chi connectivity index (χ3v) is 2.99. The van der Waals surface area contributed by atoms with Gasteiger partial charge in [0.1, 0.15) is 24.7 Å². The summed E-state index contributed by atoms with van der Waals surface area (Å²) in [4.78, 5) is 0. The first-order chi connectivity index (χ1) is 9.28. The number of halogens is 1. The summed E-state index contributed by atoms with van der Waals surface area (Å²) in [5.41, 5.74) is 0.838. The van der Waals surface area contributed by atoms with Crippen LogP contribution in [0.4, 0.5) is 0 Å². The van der Waals surface area contributed by atoms with Gasteiger partial charge in [0.05, 0.1) is 6.61 Å². The van der Waals surface area contributed by atoms with Gasteiger partial charge in [0.15, 0.2) is 0 Å². The largest absolute Gasteiger partial charge is 0.490 e. The minimum Gasteiger partial charge on any atom is -0.490 e. The van der Waals surface area contributed by atoms with E-state index in [2.05, 4.69) is 15.9 Å². The van der Waals surface area contributed by atoms with Crippen LogP contribution in [0.5, 0.6) is 11.5 Å². The molecule has 0 aliphatic carbocycles. The molecule has 0 fully saturated rings. The molecular formula is C15H15BrO3. The van der Waals surface area contributed by atoms with Crippen molar-refractivity contribution >= 4 is 15.9 Å². The molecule has 0 heterocycles. The Morgan fingerprint density at radius 1 is 0.895 bits per heavy atom. The van der Waals surface area contributed by atoms with E-state index in [-0.39, 0.29) is 6.61 Å². The zero-order valence-corrected chi connectivity index (χ0v) is 12.0. The van der Waals surface area contributed by atoms with E-state index >= 15 is 0 Å². The first-order valence-electron chi connectivity index (χ1n) is 5.99. The molecule has 1 N–H and O–H groups in total. The minimum atomic E-state index is 0.0196. The highest BCUT2D eigenvalue weighted by Crippen LogP contribution is 2.18. The molecule has 0 bridgehead atoms. The average molecular weight is 323 g/mol. The Hall–Kier alpha value is -1.52. The Labute approximate surface area is 120 Å². The van der Waals surface area contributed by atoms with Crippen molar-refractivity contribution in [2.45, 2.75) is 6.61 Å². The zero-order chi connectivity index (χ0) is 13.5. The van der Waals surface area contributed by atoms with Crippen LogP contribution in [0, 0.1) is 0 Å². The number of hydrogen-bond donors (Lipinski definition) is 1. The van der Waals surface area contributed by atoms with Crippen molar-refractivity contribution in [1.29, 1.82) is 0 Å². The third-order valence-electron chi connectivity index (χ3n) is 2.50. The highest BCUT2D eigenvalue weighted by atomic mass is 79.9. The molecule has 0 amide bonds. The summed E-state index contributed by atoms with van der Waals surface area (Å²) >= 11 is 3.39. The van der Waals surface area contributed by atoms with E-state index in [1.165, 1.54) is 0 Å². The average Bonchev–Trinajstić information content (AvgIpc) is 2.44. The van der Waals surface area contributed by atoms with Gasteiger partial charge in [0, 0.05) is 4.47 Å². The van der Waals surface area contributed by atoms with E-state index in [0.717, 1.165) is 21.5 Å². The number of aliphatic hydroxyl groups excluding tert-OH is 1. The topological polar surface area (TPSA) is 38.7 Å². The Kier molecular flexibility index (Phi) is 5.24. The van der Waals surface area contributed by atoms with E-state index in [1.54, 1.807) is 0 Å². The fourth-order valence-corrected chi connectivity index (χ4v) is 1.99. The quantitative estimate of drug-likeness (QED) is 0.828. The van der Waals surface area contributed by atoms with Gasteiger partial charge < -0.3 is 14.6 Å². The van der Waals surface area contributed by atoms with Crippen molar-refractivity contribution < 1.29 is 14.6 Å². The summed E-state index contributed by atoms with van der Waals surface area (Å²) in [5, 5.41) is 9.02. The SMILES string of the molecule is OCc1cccc(OCCOc2cccc(Br)c2)c1. The molecule has 0 unspecified atom stereocenters. The molecule has 0 saturated carbocycles. The summed E-state index contributed by atoms with van der Waals surface area (Å²) in [6.45, 7) is 0.951. The lowest BCUT2D eigenvalue weighted by Gasteiger charge is -2.09. The Morgan fingerprint density at radius 3 is 2.16 bits per heavy atom. The van der Waals surface area contributed by atoms with Crippen LogP contribution in [0.25, 0.3) is 0 Å². The normalized spacial score (nSPS) is 10.2. The molecule has 2 aromatic rings. The maximum Gasteiger partial charge on any atom is 0.122 e. The Balaban J connectivity index is 1.77. The molecular weight excluding hydrogens is 308 g/mol. The summed E-state index contributed by atoms with van der Waals surface area (Å²) in [6.07, 6.45) is 0. The lowest BCUT2D eigenvalue weighted by atomic mass is 10.2. The third kappa shape index (κ3) is 4.58. The van der Waals surface area contributed by atoms with Gasteiger partial charge >= 0.3 is 0 Å². The van der Waals surface area contributed by atoms with Crippen LogP contribution in [-0.4, -0.2) is 18.3 Å². The fourth-order valence-electron chi connectivity index (χ4n) is 1.61. The second-order valence-corrected chi connectivity index (χ2v) is 4.88. The Bertz CT molecular complexity index is 528. The van der Waals surface area contributed by atoms with Gasteiger partial charge in [-0.1, -0.05) is 34.1 Å². The van der Waals surface area contributed by atoms with Gasteiger partial charge in [-0.15, -0.1) is 0 Å². The summed E-state index contributed by atoms with van der Waals surface area (Å²) in [6, 6.07) is 15.1. The maximum atomic E-state index is 9.02. The van der Waals surface area contributed by atoms with Crippen molar-refractivity contribution in [3.63, 3.8) is 0 Å². The zero-order valence-electron chi connectivity index (χ0n) is 10.4. The van der Waals surface area contributed by atoms with Crippen LogP contribution in [0.2, 0.25) is 0 Å². The molecule has 0 radical (unpaired) electrons. The second kappa shape index (κ2) is 7.16. The summed E-state index contributed by atoms with van der Waals surface area (Å²) < 4.78 is 12.1. The van der Waals surface area contributed by atoms with Crippen molar-refractivity contribution in [1.82, 2.24) is 0 Å². The van der Waals surface area contributed by atoms with Crippen molar-refractivity contribution in [2.75, 3.05) is 13.2 Å². The Morgan fingerprint density at radius 2 is 1.53 bits per heavy atom. The molecule has 0 aromatic heterocycles. The van der Waals surface area contributed by atoms with Crippen molar-refractivity contribution in [2.24, 2.45) is 0 Å². The first-order valence-corrected chi connectivity index (χ1v) is 6.78. The lowest BCUT2D eigenvalue weighted by molar-refractivity contribution is 0.216. The predicted octanol–water partition coefficient (Wildman–Crippen LogP) is 3.40. The predicted molar refractivity (Wildman–Crippen MR) is 77.5 cm³/mol. The molecule has 0 spiro atoms. The maximum absolute atomic E-state index is 9.02. The van der Waals surface area contributed by atoms with E-state index < -0.39 is 0 Å². The van der Waals surface area contributed by atoms with Gasteiger partial charge in [-0.3, -0.25) is 0 Å². The van der Waals surface area contributed by atoms with Crippen LogP contribution in [-0.2, 0) is 6.61 Å². The number of hydrogen-bond acceptors (Lipinski definition) is 3. The number of ether oxygens (including phenoxy) is 2. The molecule has 0 atom stereocenters. The van der Waals surface area contributed by atoms with Gasteiger partial charge in [-0.2, -0.15) is 0 Å². The summed E-state index contributed by atoms with van der Waals surface area (Å²) in [7, 11) is 0. The molecule has 0 saturated heterocycles. The van der Waals surface area contributed by atoms with E-state index in [9.17, 15) is 0 Å². The minimum absolute atomic E-state index is 0.0196. The highest BCUT2D eigenvalue weighted by Gasteiger charge is 1.98. The number of benzene rings is 2. The summed E-state index contributed by atoms with van der Waals surface area (Å²) in [5.74, 6) is 1.55. The molecule has 100 valence electrons. The first kappa shape index (κ1) is 13.9. The second-order valence-electron chi connectivity index (χ2n) is 3.96. The molecule has 2 rings (SSSR count). The van der Waals surface area contributed by atoms with Crippen molar-refractivity contribution in [3.05, 3.63) is 58.6 Å². The van der Waals surface area contributed by atoms with Gasteiger partial charge in [-0.05, 0) is 35.9 Å². The highest BCUT2D eigenvalue weighted by molar-refractivity contribution is 9.10. The smallest absolute Gasteiger partial charge is 0.122 e. The monoisotopic (exact) mass is 322 g/mol. The molecule has 0 aliphatic heterocycles. The van der Waals surface area contributed by atoms with E-state index in [1.807, 2.05) is 48.5 Å². The van der Waals surface area contributed by atoms with Gasteiger partial charge in [0.25, 0.3) is 0 Å².